The van der Waals surface area contributed by atoms with Crippen molar-refractivity contribution in [2.75, 3.05) is 26.1 Å². The summed E-state index contributed by atoms with van der Waals surface area (Å²) >= 11 is 1.38. The van der Waals surface area contributed by atoms with Crippen LogP contribution in [0.5, 0.6) is 0 Å². The van der Waals surface area contributed by atoms with Crippen molar-refractivity contribution in [2.45, 2.75) is 94.8 Å². The number of esters is 1. The van der Waals surface area contributed by atoms with Crippen molar-refractivity contribution in [1.29, 1.82) is 0 Å². The third kappa shape index (κ3) is 10.7. The highest BCUT2D eigenvalue weighted by molar-refractivity contribution is 7.94. The van der Waals surface area contributed by atoms with E-state index in [4.69, 9.17) is 14.0 Å². The molecule has 1 rings (SSSR count). The third-order valence-electron chi connectivity index (χ3n) is 6.07. The molecule has 0 aliphatic rings. The van der Waals surface area contributed by atoms with Crippen molar-refractivity contribution in [2.24, 2.45) is 0 Å². The summed E-state index contributed by atoms with van der Waals surface area (Å²) in [7, 11) is 3.12. The van der Waals surface area contributed by atoms with Crippen LogP contribution >= 0.6 is 12.0 Å². The number of carboxylic acids is 1. The van der Waals surface area contributed by atoms with Crippen LogP contribution in [0.2, 0.25) is 0 Å². The normalized spacial score (nSPS) is 12.9. The summed E-state index contributed by atoms with van der Waals surface area (Å²) in [5.41, 5.74) is 2.50. The molecule has 0 amide bonds. The number of benzene rings is 1. The van der Waals surface area contributed by atoms with Gasteiger partial charge in [-0.2, -0.15) is 0 Å². The Morgan fingerprint density at radius 2 is 1.72 bits per heavy atom. The first-order valence-electron chi connectivity index (χ1n) is 11.7. The maximum absolute atomic E-state index is 11.3. The van der Waals surface area contributed by atoms with Crippen molar-refractivity contribution >= 4 is 29.7 Å². The summed E-state index contributed by atoms with van der Waals surface area (Å²) in [6, 6.07) is 6.47. The molecule has 1 unspecified atom stereocenters. The van der Waals surface area contributed by atoms with E-state index in [2.05, 4.69) is 37.4 Å². The molecule has 6 nitrogen and oxygen atoms in total. The van der Waals surface area contributed by atoms with E-state index in [-0.39, 0.29) is 17.8 Å². The maximum Gasteiger partial charge on any atom is 0.305 e. The molecule has 0 spiro atoms. The largest absolute Gasteiger partial charge is 0.481 e. The highest BCUT2D eigenvalue weighted by Gasteiger charge is 2.27. The predicted octanol–water partition coefficient (Wildman–Crippen LogP) is 6.58. The quantitative estimate of drug-likeness (QED) is 0.143. The van der Waals surface area contributed by atoms with Crippen LogP contribution in [0.3, 0.4) is 0 Å². The summed E-state index contributed by atoms with van der Waals surface area (Å²) in [5.74, 6) is -0.854. The maximum atomic E-state index is 11.3. The minimum Gasteiger partial charge on any atom is -0.481 e. The summed E-state index contributed by atoms with van der Waals surface area (Å²) < 4.78 is 10.0. The lowest BCUT2D eigenvalue weighted by Crippen LogP contribution is -2.23. The second-order valence-corrected chi connectivity index (χ2v) is 9.46. The van der Waals surface area contributed by atoms with Crippen molar-refractivity contribution < 1.29 is 23.6 Å². The highest BCUT2D eigenvalue weighted by Crippen LogP contribution is 2.40. The van der Waals surface area contributed by atoms with Gasteiger partial charge in [0.1, 0.15) is 0 Å². The molecule has 0 saturated heterocycles. The number of anilines is 1. The second-order valence-electron chi connectivity index (χ2n) is 8.49. The molecule has 0 aliphatic heterocycles. The molecule has 0 bridgehead atoms. The SMILES string of the molecule is CCC(C)(CCCCCC(=O)OC)c1cc(SOC)ccc1NCCCCCCC(=O)O. The van der Waals surface area contributed by atoms with Gasteiger partial charge in [-0.25, -0.2) is 0 Å². The zero-order chi connectivity index (χ0) is 23.8. The van der Waals surface area contributed by atoms with Crippen LogP contribution in [-0.2, 0) is 23.9 Å². The first-order chi connectivity index (χ1) is 15.4. The van der Waals surface area contributed by atoms with Gasteiger partial charge in [-0.05, 0) is 61.3 Å². The van der Waals surface area contributed by atoms with Gasteiger partial charge in [0.15, 0.2) is 0 Å². The van der Waals surface area contributed by atoms with Gasteiger partial charge in [0.05, 0.1) is 14.2 Å². The van der Waals surface area contributed by atoms with Gasteiger partial charge in [-0.15, -0.1) is 0 Å². The lowest BCUT2D eigenvalue weighted by molar-refractivity contribution is -0.141. The first-order valence-corrected chi connectivity index (χ1v) is 12.5. The Bertz CT molecular complexity index is 697. The zero-order valence-corrected chi connectivity index (χ0v) is 21.0. The van der Waals surface area contributed by atoms with E-state index in [0.717, 1.165) is 74.9 Å². The van der Waals surface area contributed by atoms with Crippen LogP contribution in [0.4, 0.5) is 5.69 Å². The molecule has 1 atom stereocenters. The molecule has 0 aromatic heterocycles. The highest BCUT2D eigenvalue weighted by atomic mass is 32.2. The molecular formula is C25H41NO5S. The number of hydrogen-bond donors (Lipinski definition) is 2. The Morgan fingerprint density at radius 1 is 1.03 bits per heavy atom. The van der Waals surface area contributed by atoms with Crippen LogP contribution < -0.4 is 5.32 Å². The molecule has 182 valence electrons. The monoisotopic (exact) mass is 467 g/mol. The molecule has 32 heavy (non-hydrogen) atoms. The molecule has 2 N–H and O–H groups in total. The number of methoxy groups -OCH3 is 1. The van der Waals surface area contributed by atoms with Crippen molar-refractivity contribution in [1.82, 2.24) is 0 Å². The average Bonchev–Trinajstić information content (AvgIpc) is 2.78. The van der Waals surface area contributed by atoms with E-state index >= 15 is 0 Å². The number of unbranched alkanes of at least 4 members (excludes halogenated alkanes) is 5. The first kappa shape index (κ1) is 28.3. The van der Waals surface area contributed by atoms with Gasteiger partial charge in [-0.1, -0.05) is 39.5 Å². The Labute approximate surface area is 198 Å². The van der Waals surface area contributed by atoms with E-state index in [1.165, 1.54) is 24.7 Å². The number of carboxylic acid groups (broad SMARTS) is 1. The van der Waals surface area contributed by atoms with E-state index in [9.17, 15) is 9.59 Å². The van der Waals surface area contributed by atoms with Crippen LogP contribution in [0.15, 0.2) is 23.1 Å². The van der Waals surface area contributed by atoms with E-state index in [1.807, 2.05) is 0 Å². The predicted molar refractivity (Wildman–Crippen MR) is 131 cm³/mol. The Hall–Kier alpha value is -1.73. The Balaban J connectivity index is 2.73. The fraction of sp³-hybridized carbons (Fsp3) is 0.680. The van der Waals surface area contributed by atoms with Gasteiger partial charge in [0, 0.05) is 42.0 Å². The van der Waals surface area contributed by atoms with E-state index in [1.54, 1.807) is 7.11 Å². The van der Waals surface area contributed by atoms with Crippen LogP contribution in [0.25, 0.3) is 0 Å². The Morgan fingerprint density at radius 3 is 2.38 bits per heavy atom. The smallest absolute Gasteiger partial charge is 0.305 e. The Kier molecular flexibility index (Phi) is 14.1. The van der Waals surface area contributed by atoms with Gasteiger partial charge < -0.3 is 19.3 Å². The lowest BCUT2D eigenvalue weighted by Gasteiger charge is -2.32. The molecule has 1 aromatic carbocycles. The van der Waals surface area contributed by atoms with Gasteiger partial charge in [-0.3, -0.25) is 9.59 Å². The van der Waals surface area contributed by atoms with Crippen molar-refractivity contribution in [3.8, 4) is 0 Å². The molecule has 0 heterocycles. The number of nitrogens with one attached hydrogen (secondary N) is 1. The molecule has 0 aliphatic carbocycles. The van der Waals surface area contributed by atoms with E-state index in [0.29, 0.717) is 6.42 Å². The molecule has 0 fully saturated rings. The average molecular weight is 468 g/mol. The molecule has 7 heteroatoms. The van der Waals surface area contributed by atoms with Crippen LogP contribution in [0.1, 0.15) is 90.0 Å². The van der Waals surface area contributed by atoms with Crippen LogP contribution in [0, 0.1) is 0 Å². The van der Waals surface area contributed by atoms with Gasteiger partial charge >= 0.3 is 11.9 Å². The van der Waals surface area contributed by atoms with Gasteiger partial charge in [0.2, 0.25) is 0 Å². The standard InChI is InChI=1S/C25H41NO5S/c1-5-25(2,17-11-8-10-14-24(29)30-3)21-19-20(32-31-4)15-16-22(21)26-18-12-7-6-9-13-23(27)28/h15-16,19,26H,5-14,17-18H2,1-4H3,(H,27,28). The second kappa shape index (κ2) is 16.0. The van der Waals surface area contributed by atoms with E-state index < -0.39 is 5.97 Å². The fourth-order valence-electron chi connectivity index (χ4n) is 3.87. The summed E-state index contributed by atoms with van der Waals surface area (Å²) in [6.45, 7) is 5.42. The number of aliphatic carboxylic acids is 1. The number of hydrogen-bond acceptors (Lipinski definition) is 6. The van der Waals surface area contributed by atoms with Crippen molar-refractivity contribution in [3.05, 3.63) is 23.8 Å². The number of ether oxygens (including phenoxy) is 1. The number of rotatable bonds is 18. The molecule has 0 saturated carbocycles. The minimum absolute atomic E-state index is 0.0272. The summed E-state index contributed by atoms with van der Waals surface area (Å²) in [5, 5.41) is 12.4. The van der Waals surface area contributed by atoms with Crippen LogP contribution in [-0.4, -0.2) is 37.8 Å². The molecule has 1 aromatic rings. The summed E-state index contributed by atoms with van der Waals surface area (Å²) in [4.78, 5) is 23.0. The minimum atomic E-state index is -0.717. The zero-order valence-electron chi connectivity index (χ0n) is 20.2. The molecular weight excluding hydrogens is 426 g/mol. The topological polar surface area (TPSA) is 84.9 Å². The van der Waals surface area contributed by atoms with Gasteiger partial charge in [0.25, 0.3) is 0 Å². The molecule has 0 radical (unpaired) electrons. The number of carbonyl (C=O) groups is 2. The van der Waals surface area contributed by atoms with Crippen molar-refractivity contribution in [3.63, 3.8) is 0 Å². The fourth-order valence-corrected chi connectivity index (χ4v) is 4.35. The summed E-state index contributed by atoms with van der Waals surface area (Å²) in [6.07, 6.45) is 9.48. The number of carbonyl (C=O) groups excluding carboxylic acids is 1. The lowest BCUT2D eigenvalue weighted by atomic mass is 9.75. The third-order valence-corrected chi connectivity index (χ3v) is 6.68.